The molecule has 1 aliphatic rings. The molecule has 1 aliphatic carbocycles. The normalized spacial score (nSPS) is 15.2. The van der Waals surface area contributed by atoms with Gasteiger partial charge >= 0.3 is 5.97 Å². The van der Waals surface area contributed by atoms with E-state index in [-0.39, 0.29) is 5.56 Å². The minimum absolute atomic E-state index is 0.258. The first-order valence-electron chi connectivity index (χ1n) is 10.1. The summed E-state index contributed by atoms with van der Waals surface area (Å²) < 4.78 is 2.30. The van der Waals surface area contributed by atoms with Crippen molar-refractivity contribution in [2.24, 2.45) is 0 Å². The second-order valence-corrected chi connectivity index (χ2v) is 7.89. The van der Waals surface area contributed by atoms with Crippen molar-refractivity contribution in [2.75, 3.05) is 0 Å². The van der Waals surface area contributed by atoms with E-state index < -0.39 is 5.97 Å². The highest BCUT2D eigenvalue weighted by molar-refractivity contribution is 5.93. The van der Waals surface area contributed by atoms with E-state index in [1.807, 2.05) is 25.4 Å². The minimum Gasteiger partial charge on any atom is -0.478 e. The molecule has 4 aromatic rings. The van der Waals surface area contributed by atoms with Crippen molar-refractivity contribution in [1.29, 1.82) is 0 Å². The molecular weight excluding hydrogens is 364 g/mol. The molecule has 0 atom stereocenters. The van der Waals surface area contributed by atoms with Crippen molar-refractivity contribution in [1.82, 2.24) is 19.5 Å². The first-order valence-corrected chi connectivity index (χ1v) is 10.1. The van der Waals surface area contributed by atoms with Gasteiger partial charge in [-0.25, -0.2) is 19.7 Å². The van der Waals surface area contributed by atoms with Crippen LogP contribution in [-0.4, -0.2) is 30.6 Å². The average Bonchev–Trinajstić information content (AvgIpc) is 3.12. The molecule has 3 heterocycles. The third kappa shape index (κ3) is 3.14. The maximum Gasteiger partial charge on any atom is 0.335 e. The Bertz CT molecular complexity index is 1240. The van der Waals surface area contributed by atoms with Crippen molar-refractivity contribution in [3.8, 4) is 11.4 Å². The van der Waals surface area contributed by atoms with Crippen LogP contribution in [0.25, 0.3) is 33.5 Å². The topological polar surface area (TPSA) is 80.9 Å². The van der Waals surface area contributed by atoms with E-state index in [2.05, 4.69) is 26.7 Å². The lowest BCUT2D eigenvalue weighted by atomic mass is 9.95. The van der Waals surface area contributed by atoms with Gasteiger partial charge in [-0.3, -0.25) is 0 Å². The fourth-order valence-electron chi connectivity index (χ4n) is 4.40. The summed E-state index contributed by atoms with van der Waals surface area (Å²) in [5.41, 5.74) is 4.70. The number of carbonyl (C=O) groups is 1. The van der Waals surface area contributed by atoms with Gasteiger partial charge in [-0.2, -0.15) is 0 Å². The van der Waals surface area contributed by atoms with Crippen molar-refractivity contribution in [2.45, 2.75) is 45.1 Å². The third-order valence-electron chi connectivity index (χ3n) is 5.80. The molecule has 0 amide bonds. The Hall–Kier alpha value is -3.28. The van der Waals surface area contributed by atoms with Gasteiger partial charge in [0.15, 0.2) is 5.65 Å². The summed E-state index contributed by atoms with van der Waals surface area (Å²) in [5.74, 6) is -0.0834. The molecule has 0 bridgehead atoms. The van der Waals surface area contributed by atoms with Crippen molar-refractivity contribution < 1.29 is 9.90 Å². The predicted molar refractivity (Wildman–Crippen MR) is 112 cm³/mol. The van der Waals surface area contributed by atoms with Crippen molar-refractivity contribution in [3.05, 3.63) is 53.9 Å². The summed E-state index contributed by atoms with van der Waals surface area (Å²) in [6.45, 7) is 2.02. The lowest BCUT2D eigenvalue weighted by molar-refractivity contribution is 0.0697. The lowest BCUT2D eigenvalue weighted by Crippen LogP contribution is -2.14. The summed E-state index contributed by atoms with van der Waals surface area (Å²) >= 11 is 0. The molecule has 1 N–H and O–H groups in total. The SMILES string of the molecule is Cc1cnc2ncc(-c3nc4cc(C(=O)O)ccc4n3C3CCCCC3)cc2c1. The third-order valence-corrected chi connectivity index (χ3v) is 5.80. The number of hydrogen-bond donors (Lipinski definition) is 1. The number of benzene rings is 1. The number of pyridine rings is 2. The van der Waals surface area contributed by atoms with Crippen LogP contribution in [-0.2, 0) is 0 Å². The van der Waals surface area contributed by atoms with E-state index in [0.717, 1.165) is 40.7 Å². The zero-order valence-corrected chi connectivity index (χ0v) is 16.3. The van der Waals surface area contributed by atoms with Gasteiger partial charge in [0.1, 0.15) is 5.82 Å². The van der Waals surface area contributed by atoms with Gasteiger partial charge in [0.05, 0.1) is 16.6 Å². The second-order valence-electron chi connectivity index (χ2n) is 7.89. The predicted octanol–water partition coefficient (Wildman–Crippen LogP) is 5.16. The van der Waals surface area contributed by atoms with Crippen LogP contribution in [0.15, 0.2) is 42.7 Å². The zero-order valence-electron chi connectivity index (χ0n) is 16.3. The van der Waals surface area contributed by atoms with E-state index >= 15 is 0 Å². The highest BCUT2D eigenvalue weighted by Crippen LogP contribution is 2.36. The standard InChI is InChI=1S/C23H22N4O2/c1-14-9-16-10-17(13-25-21(16)24-12-14)22-26-19-11-15(23(28)29)7-8-20(19)27(22)18-5-3-2-4-6-18/h7-13,18H,2-6H2,1H3,(H,28,29). The van der Waals surface area contributed by atoms with E-state index in [9.17, 15) is 9.90 Å². The fraction of sp³-hybridized carbons (Fsp3) is 0.304. The zero-order chi connectivity index (χ0) is 20.0. The Balaban J connectivity index is 1.73. The van der Waals surface area contributed by atoms with Gasteiger partial charge in [-0.15, -0.1) is 0 Å². The molecule has 1 fully saturated rings. The highest BCUT2D eigenvalue weighted by Gasteiger charge is 2.23. The molecule has 3 aromatic heterocycles. The quantitative estimate of drug-likeness (QED) is 0.526. The number of imidazole rings is 1. The molecular formula is C23H22N4O2. The number of aryl methyl sites for hydroxylation is 1. The Morgan fingerprint density at radius 3 is 2.66 bits per heavy atom. The largest absolute Gasteiger partial charge is 0.478 e. The molecule has 29 heavy (non-hydrogen) atoms. The highest BCUT2D eigenvalue weighted by atomic mass is 16.4. The lowest BCUT2D eigenvalue weighted by Gasteiger charge is -2.25. The van der Waals surface area contributed by atoms with Gasteiger partial charge < -0.3 is 9.67 Å². The molecule has 0 unspecified atom stereocenters. The maximum absolute atomic E-state index is 11.4. The molecule has 6 nitrogen and oxygen atoms in total. The summed E-state index contributed by atoms with van der Waals surface area (Å²) in [6.07, 6.45) is 9.54. The van der Waals surface area contributed by atoms with Crippen LogP contribution >= 0.6 is 0 Å². The van der Waals surface area contributed by atoms with Gasteiger partial charge in [0.2, 0.25) is 0 Å². The maximum atomic E-state index is 11.4. The molecule has 0 saturated heterocycles. The number of aromatic nitrogens is 4. The number of carboxylic acids is 1. The molecule has 1 saturated carbocycles. The van der Waals surface area contributed by atoms with E-state index in [1.54, 1.807) is 12.1 Å². The molecule has 6 heteroatoms. The molecule has 0 spiro atoms. The monoisotopic (exact) mass is 386 g/mol. The van der Waals surface area contributed by atoms with Crippen molar-refractivity contribution >= 4 is 28.0 Å². The fourth-order valence-corrected chi connectivity index (χ4v) is 4.40. The van der Waals surface area contributed by atoms with E-state index in [0.29, 0.717) is 17.2 Å². The van der Waals surface area contributed by atoms with Gasteiger partial charge in [-0.1, -0.05) is 19.3 Å². The summed E-state index contributed by atoms with van der Waals surface area (Å²) in [7, 11) is 0. The number of aromatic carboxylic acids is 1. The summed E-state index contributed by atoms with van der Waals surface area (Å²) in [6, 6.07) is 9.76. The van der Waals surface area contributed by atoms with Crippen LogP contribution in [0.2, 0.25) is 0 Å². The molecule has 5 rings (SSSR count). The van der Waals surface area contributed by atoms with Crippen LogP contribution < -0.4 is 0 Å². The molecule has 1 aromatic carbocycles. The van der Waals surface area contributed by atoms with Crippen LogP contribution in [0, 0.1) is 6.92 Å². The minimum atomic E-state index is -0.936. The first-order chi connectivity index (χ1) is 14.1. The number of rotatable bonds is 3. The Kier molecular flexibility index (Phi) is 4.27. The summed E-state index contributed by atoms with van der Waals surface area (Å²) in [4.78, 5) is 25.2. The number of hydrogen-bond acceptors (Lipinski definition) is 4. The van der Waals surface area contributed by atoms with Gasteiger partial charge in [0.25, 0.3) is 0 Å². The van der Waals surface area contributed by atoms with Crippen LogP contribution in [0.4, 0.5) is 0 Å². The van der Waals surface area contributed by atoms with Gasteiger partial charge in [0, 0.05) is 29.4 Å². The molecule has 0 aliphatic heterocycles. The Morgan fingerprint density at radius 2 is 1.86 bits per heavy atom. The average molecular weight is 386 g/mol. The number of nitrogens with zero attached hydrogens (tertiary/aromatic N) is 4. The van der Waals surface area contributed by atoms with Crippen LogP contribution in [0.1, 0.15) is 54.1 Å². The van der Waals surface area contributed by atoms with E-state index in [4.69, 9.17) is 4.98 Å². The number of fused-ring (bicyclic) bond motifs is 2. The second kappa shape index (κ2) is 6.95. The van der Waals surface area contributed by atoms with Crippen LogP contribution in [0.5, 0.6) is 0 Å². The van der Waals surface area contributed by atoms with Crippen molar-refractivity contribution in [3.63, 3.8) is 0 Å². The summed E-state index contributed by atoms with van der Waals surface area (Å²) in [5, 5.41) is 10.4. The van der Waals surface area contributed by atoms with E-state index in [1.165, 1.54) is 19.3 Å². The molecule has 0 radical (unpaired) electrons. The van der Waals surface area contributed by atoms with Crippen LogP contribution in [0.3, 0.4) is 0 Å². The Labute approximate surface area is 168 Å². The smallest absolute Gasteiger partial charge is 0.335 e. The number of carboxylic acid groups (broad SMARTS) is 1. The Morgan fingerprint density at radius 1 is 1.07 bits per heavy atom. The van der Waals surface area contributed by atoms with Gasteiger partial charge in [-0.05, 0) is 55.7 Å². The molecule has 146 valence electrons. The first kappa shape index (κ1) is 17.8.